The number of hydrogen-bond acceptors (Lipinski definition) is 4. The lowest BCUT2D eigenvalue weighted by Crippen LogP contribution is -2.52. The van der Waals surface area contributed by atoms with Crippen molar-refractivity contribution < 1.29 is 14.3 Å². The molecule has 2 aromatic rings. The molecule has 7 nitrogen and oxygen atoms in total. The molecule has 0 aliphatic carbocycles. The van der Waals surface area contributed by atoms with Gasteiger partial charge in [-0.1, -0.05) is 11.6 Å². The summed E-state index contributed by atoms with van der Waals surface area (Å²) in [5, 5.41) is 1.85. The van der Waals surface area contributed by atoms with Crippen molar-refractivity contribution >= 4 is 34.5 Å². The summed E-state index contributed by atoms with van der Waals surface area (Å²) < 4.78 is 7.61. The second kappa shape index (κ2) is 8.36. The zero-order valence-electron chi connectivity index (χ0n) is 18.8. The Morgan fingerprint density at radius 3 is 2.42 bits per heavy atom. The van der Waals surface area contributed by atoms with E-state index in [2.05, 4.69) is 16.5 Å². The van der Waals surface area contributed by atoms with Gasteiger partial charge in [0.25, 0.3) is 0 Å². The van der Waals surface area contributed by atoms with Crippen LogP contribution >= 0.6 is 11.6 Å². The molecule has 2 aliphatic rings. The van der Waals surface area contributed by atoms with E-state index in [-0.39, 0.29) is 12.0 Å². The van der Waals surface area contributed by atoms with Crippen LogP contribution in [0.25, 0.3) is 10.9 Å². The van der Waals surface area contributed by atoms with E-state index in [1.807, 2.05) is 43.9 Å². The van der Waals surface area contributed by atoms with Crippen LogP contribution in [0.1, 0.15) is 32.0 Å². The highest BCUT2D eigenvalue weighted by atomic mass is 35.5. The molecule has 0 saturated carbocycles. The molecule has 0 radical (unpaired) electrons. The van der Waals surface area contributed by atoms with Crippen LogP contribution in [0, 0.1) is 0 Å². The van der Waals surface area contributed by atoms with Crippen LogP contribution in [0.15, 0.2) is 18.2 Å². The van der Waals surface area contributed by atoms with Gasteiger partial charge < -0.3 is 24.0 Å². The summed E-state index contributed by atoms with van der Waals surface area (Å²) in [5.41, 5.74) is 3.05. The maximum absolute atomic E-state index is 13.2. The zero-order chi connectivity index (χ0) is 22.3. The summed E-state index contributed by atoms with van der Waals surface area (Å²) in [7, 11) is 2.12. The van der Waals surface area contributed by atoms with Crippen LogP contribution in [0.5, 0.6) is 0 Å². The molecule has 0 unspecified atom stereocenters. The van der Waals surface area contributed by atoms with E-state index in [4.69, 9.17) is 16.3 Å². The number of hydrogen-bond donors (Lipinski definition) is 0. The zero-order valence-corrected chi connectivity index (χ0v) is 19.5. The number of likely N-dealkylation sites (N-methyl/N-ethyl adjacent to an activating group) is 1. The van der Waals surface area contributed by atoms with Crippen LogP contribution in [0.2, 0.25) is 5.02 Å². The molecule has 2 aliphatic heterocycles. The molecule has 1 aromatic heterocycles. The lowest BCUT2D eigenvalue weighted by atomic mass is 10.1. The van der Waals surface area contributed by atoms with Gasteiger partial charge in [-0.2, -0.15) is 0 Å². The number of carbonyl (C=O) groups excluding carboxylic acids is 2. The number of nitrogens with zero attached hydrogens (tertiary/aromatic N) is 4. The van der Waals surface area contributed by atoms with Crippen LogP contribution in [0.4, 0.5) is 4.79 Å². The Kier molecular flexibility index (Phi) is 5.92. The fourth-order valence-electron chi connectivity index (χ4n) is 4.44. The van der Waals surface area contributed by atoms with Gasteiger partial charge in [-0.25, -0.2) is 4.79 Å². The lowest BCUT2D eigenvalue weighted by Gasteiger charge is -2.35. The molecule has 31 heavy (non-hydrogen) atoms. The van der Waals surface area contributed by atoms with Crippen LogP contribution < -0.4 is 0 Å². The lowest BCUT2D eigenvalue weighted by molar-refractivity contribution is -0.133. The van der Waals surface area contributed by atoms with Gasteiger partial charge in [-0.15, -0.1) is 0 Å². The van der Waals surface area contributed by atoms with Crippen LogP contribution in [-0.4, -0.2) is 76.6 Å². The number of piperazine rings is 1. The molecule has 3 heterocycles. The average molecular weight is 447 g/mol. The minimum Gasteiger partial charge on any atom is -0.444 e. The first-order chi connectivity index (χ1) is 14.6. The molecule has 1 aromatic carbocycles. The highest BCUT2D eigenvalue weighted by Crippen LogP contribution is 2.32. The van der Waals surface area contributed by atoms with Crippen molar-refractivity contribution in [3.63, 3.8) is 0 Å². The number of rotatable bonds is 2. The monoisotopic (exact) mass is 446 g/mol. The number of fused-ring (bicyclic) bond motifs is 3. The van der Waals surface area contributed by atoms with Crippen molar-refractivity contribution in [1.29, 1.82) is 0 Å². The van der Waals surface area contributed by atoms with Gasteiger partial charge in [0.05, 0.1) is 0 Å². The fourth-order valence-corrected chi connectivity index (χ4v) is 4.61. The Morgan fingerprint density at radius 1 is 1.06 bits per heavy atom. The molecule has 1 saturated heterocycles. The minimum absolute atomic E-state index is 0.0809. The van der Waals surface area contributed by atoms with Crippen LogP contribution in [0.3, 0.4) is 0 Å². The van der Waals surface area contributed by atoms with Crippen molar-refractivity contribution in [1.82, 2.24) is 19.3 Å². The van der Waals surface area contributed by atoms with Gasteiger partial charge in [0.15, 0.2) is 0 Å². The third-order valence-corrected chi connectivity index (χ3v) is 6.22. The largest absolute Gasteiger partial charge is 0.444 e. The Labute approximate surface area is 188 Å². The molecular weight excluding hydrogens is 416 g/mol. The van der Waals surface area contributed by atoms with Crippen molar-refractivity contribution in [3.8, 4) is 0 Å². The number of amides is 2. The van der Waals surface area contributed by atoms with Crippen molar-refractivity contribution in [2.24, 2.45) is 0 Å². The number of ether oxygens (including phenoxy) is 1. The maximum atomic E-state index is 13.2. The fraction of sp³-hybridized carbons (Fsp3) is 0.565. The predicted octanol–water partition coefficient (Wildman–Crippen LogP) is 3.36. The van der Waals surface area contributed by atoms with Gasteiger partial charge >= 0.3 is 6.09 Å². The van der Waals surface area contributed by atoms with E-state index in [9.17, 15) is 9.59 Å². The van der Waals surface area contributed by atoms with E-state index in [1.54, 1.807) is 4.90 Å². The Morgan fingerprint density at radius 2 is 1.74 bits per heavy atom. The second-order valence-corrected chi connectivity index (χ2v) is 9.95. The minimum atomic E-state index is -0.518. The molecule has 0 atom stereocenters. The van der Waals surface area contributed by atoms with E-state index in [0.717, 1.165) is 30.4 Å². The number of halogens is 1. The number of aromatic nitrogens is 1. The van der Waals surface area contributed by atoms with Gasteiger partial charge in [0.1, 0.15) is 12.1 Å². The summed E-state index contributed by atoms with van der Waals surface area (Å²) in [5.74, 6) is 0.0809. The molecule has 2 amide bonds. The third kappa shape index (κ3) is 4.67. The topological polar surface area (TPSA) is 58.0 Å². The van der Waals surface area contributed by atoms with E-state index >= 15 is 0 Å². The first-order valence-electron chi connectivity index (χ1n) is 10.9. The second-order valence-electron chi connectivity index (χ2n) is 9.51. The van der Waals surface area contributed by atoms with Crippen molar-refractivity contribution in [2.75, 3.05) is 39.8 Å². The summed E-state index contributed by atoms with van der Waals surface area (Å²) in [6.45, 7) is 9.75. The van der Waals surface area contributed by atoms with E-state index in [1.165, 1.54) is 11.3 Å². The van der Waals surface area contributed by atoms with E-state index < -0.39 is 5.60 Å². The molecule has 4 rings (SSSR count). The Bertz CT molecular complexity index is 1000. The molecular formula is C23H31ClN4O3. The molecule has 0 spiro atoms. The maximum Gasteiger partial charge on any atom is 0.410 e. The standard InChI is InChI=1S/C23H31ClN4O3/c1-23(2,3)31-22(30)27-11-9-26(10-12-27)21(29)15-28-19-6-5-16(24)13-17(19)18-14-25(4)8-7-20(18)28/h5-6,13H,7-12,14-15H2,1-4H3. The highest BCUT2D eigenvalue weighted by Gasteiger charge is 2.29. The van der Waals surface area contributed by atoms with E-state index in [0.29, 0.717) is 37.7 Å². The van der Waals surface area contributed by atoms with Crippen molar-refractivity contribution in [2.45, 2.75) is 45.9 Å². The van der Waals surface area contributed by atoms with Crippen LogP contribution in [-0.2, 0) is 29.0 Å². The summed E-state index contributed by atoms with van der Waals surface area (Å²) in [6, 6.07) is 5.92. The average Bonchev–Trinajstić information content (AvgIpc) is 2.99. The molecule has 0 N–H and O–H groups in total. The SMILES string of the molecule is CN1CCc2c(c3cc(Cl)ccc3n2CC(=O)N2CCN(C(=O)OC(C)(C)C)CC2)C1. The normalized spacial score (nSPS) is 17.7. The Balaban J connectivity index is 1.48. The molecule has 0 bridgehead atoms. The number of carbonyl (C=O) groups is 2. The smallest absolute Gasteiger partial charge is 0.410 e. The van der Waals surface area contributed by atoms with Gasteiger partial charge in [0, 0.05) is 67.3 Å². The predicted molar refractivity (Wildman–Crippen MR) is 121 cm³/mol. The highest BCUT2D eigenvalue weighted by molar-refractivity contribution is 6.31. The van der Waals surface area contributed by atoms with Crippen molar-refractivity contribution in [3.05, 3.63) is 34.5 Å². The number of benzene rings is 1. The summed E-state index contributed by atoms with van der Waals surface area (Å²) in [4.78, 5) is 31.3. The van der Waals surface area contributed by atoms with Gasteiger partial charge in [-0.3, -0.25) is 4.79 Å². The third-order valence-electron chi connectivity index (χ3n) is 5.98. The molecule has 8 heteroatoms. The molecule has 168 valence electrons. The summed E-state index contributed by atoms with van der Waals surface area (Å²) >= 11 is 6.27. The Hall–Kier alpha value is -2.25. The van der Waals surface area contributed by atoms with Gasteiger partial charge in [0.2, 0.25) is 5.91 Å². The summed E-state index contributed by atoms with van der Waals surface area (Å²) in [6.07, 6.45) is 0.601. The molecule has 1 fully saturated rings. The quantitative estimate of drug-likeness (QED) is 0.709. The first-order valence-corrected chi connectivity index (χ1v) is 11.2. The first kappa shape index (κ1) is 22.0. The van der Waals surface area contributed by atoms with Gasteiger partial charge in [-0.05, 0) is 51.6 Å².